The summed E-state index contributed by atoms with van der Waals surface area (Å²) in [4.78, 5) is 11.4. The highest BCUT2D eigenvalue weighted by Crippen LogP contribution is 2.59. The third-order valence-corrected chi connectivity index (χ3v) is 9.02. The number of allylic oxidation sites excluding steroid dienone is 5. The Morgan fingerprint density at radius 3 is 2.62 bits per heavy atom. The Morgan fingerprint density at radius 1 is 1.21 bits per heavy atom. The first-order chi connectivity index (χ1) is 16.0. The molecule has 34 heavy (non-hydrogen) atoms. The van der Waals surface area contributed by atoms with Crippen molar-refractivity contribution in [2.45, 2.75) is 97.7 Å². The van der Waals surface area contributed by atoms with E-state index >= 15 is 0 Å². The zero-order valence-corrected chi connectivity index (χ0v) is 21.8. The predicted octanol–water partition coefficient (Wildman–Crippen LogP) is 6.88. The van der Waals surface area contributed by atoms with Gasteiger partial charge in [0.1, 0.15) is 6.10 Å². The lowest BCUT2D eigenvalue weighted by Crippen LogP contribution is -2.35. The van der Waals surface area contributed by atoms with E-state index in [9.17, 15) is 9.90 Å². The number of fused-ring (bicyclic) bond motifs is 1. The molecule has 1 amide bonds. The van der Waals surface area contributed by atoms with E-state index in [1.807, 2.05) is 13.8 Å². The van der Waals surface area contributed by atoms with Crippen LogP contribution >= 0.6 is 0 Å². The molecule has 0 saturated heterocycles. The molecule has 3 fully saturated rings. The minimum Gasteiger partial charge on any atom is -0.444 e. The molecule has 3 saturated carbocycles. The number of hydroxylamine groups is 1. The van der Waals surface area contributed by atoms with Crippen LogP contribution in [0.1, 0.15) is 86.0 Å². The number of carbonyl (C=O) groups excluding carboxylic acids is 1. The fourth-order valence-corrected chi connectivity index (χ4v) is 6.51. The summed E-state index contributed by atoms with van der Waals surface area (Å²) in [5.74, 6) is 1.88. The number of amides is 1. The zero-order valence-electron chi connectivity index (χ0n) is 21.8. The molecule has 0 aromatic heterocycles. The number of hydrogen-bond donors (Lipinski definition) is 3. The van der Waals surface area contributed by atoms with E-state index in [0.29, 0.717) is 29.6 Å². The van der Waals surface area contributed by atoms with Gasteiger partial charge in [-0.15, -0.1) is 0 Å². The van der Waals surface area contributed by atoms with E-state index < -0.39 is 11.7 Å². The van der Waals surface area contributed by atoms with Crippen molar-refractivity contribution < 1.29 is 19.8 Å². The number of ether oxygens (including phenoxy) is 1. The van der Waals surface area contributed by atoms with Gasteiger partial charge in [0.2, 0.25) is 0 Å². The topological polar surface area (TPSA) is 78.8 Å². The molecule has 3 aliphatic rings. The minimum absolute atomic E-state index is 0.133. The lowest BCUT2D eigenvalue weighted by atomic mass is 9.61. The SMILES string of the molecule is C=C1CC[C@H](OC(=O)NO)C/C1=C/C=C1\CCC[C@@]2(C)C1CC[C@@H]2[C@@H](C)/C=C/[C@@H](C)C(C)(C)O. The summed E-state index contributed by atoms with van der Waals surface area (Å²) >= 11 is 0. The van der Waals surface area contributed by atoms with Gasteiger partial charge in [-0.25, -0.2) is 10.3 Å². The zero-order chi connectivity index (χ0) is 25.1. The molecule has 0 aromatic carbocycles. The Balaban J connectivity index is 1.73. The van der Waals surface area contributed by atoms with Gasteiger partial charge in [-0.05, 0) is 87.5 Å². The van der Waals surface area contributed by atoms with Gasteiger partial charge in [0, 0.05) is 12.3 Å². The van der Waals surface area contributed by atoms with Gasteiger partial charge < -0.3 is 9.84 Å². The summed E-state index contributed by atoms with van der Waals surface area (Å²) in [7, 11) is 0. The fourth-order valence-electron chi connectivity index (χ4n) is 6.51. The molecule has 0 aromatic rings. The van der Waals surface area contributed by atoms with Crippen molar-refractivity contribution in [1.29, 1.82) is 0 Å². The lowest BCUT2D eigenvalue weighted by Gasteiger charge is -2.44. The van der Waals surface area contributed by atoms with Crippen LogP contribution in [0.2, 0.25) is 0 Å². The molecule has 190 valence electrons. The molecule has 5 heteroatoms. The van der Waals surface area contributed by atoms with Crippen LogP contribution in [0.4, 0.5) is 4.79 Å². The maximum absolute atomic E-state index is 11.4. The van der Waals surface area contributed by atoms with Crippen molar-refractivity contribution in [2.75, 3.05) is 0 Å². The molecule has 0 spiro atoms. The van der Waals surface area contributed by atoms with Crippen molar-refractivity contribution in [1.82, 2.24) is 5.48 Å². The van der Waals surface area contributed by atoms with Gasteiger partial charge in [0.25, 0.3) is 0 Å². The van der Waals surface area contributed by atoms with Crippen LogP contribution < -0.4 is 5.48 Å². The highest BCUT2D eigenvalue weighted by Gasteiger charge is 2.50. The van der Waals surface area contributed by atoms with Crippen molar-refractivity contribution in [3.05, 3.63) is 47.6 Å². The lowest BCUT2D eigenvalue weighted by molar-refractivity contribution is 0.0436. The highest BCUT2D eigenvalue weighted by atomic mass is 16.6. The fraction of sp³-hybridized carbons (Fsp3) is 0.690. The van der Waals surface area contributed by atoms with E-state index in [1.165, 1.54) is 25.7 Å². The molecule has 3 aliphatic carbocycles. The maximum atomic E-state index is 11.4. The molecular formula is C29H45NO4. The summed E-state index contributed by atoms with van der Waals surface area (Å²) in [5, 5.41) is 19.0. The van der Waals surface area contributed by atoms with Crippen molar-refractivity contribution >= 4 is 6.09 Å². The van der Waals surface area contributed by atoms with E-state index in [0.717, 1.165) is 30.4 Å². The molecular weight excluding hydrogens is 426 g/mol. The Morgan fingerprint density at radius 2 is 1.94 bits per heavy atom. The third kappa shape index (κ3) is 6.04. The number of aliphatic hydroxyl groups is 1. The Bertz CT molecular complexity index is 849. The third-order valence-electron chi connectivity index (χ3n) is 9.02. The van der Waals surface area contributed by atoms with Crippen molar-refractivity contribution in [3.63, 3.8) is 0 Å². The summed E-state index contributed by atoms with van der Waals surface area (Å²) in [6.45, 7) is 14.9. The van der Waals surface area contributed by atoms with Crippen LogP contribution in [0, 0.1) is 29.1 Å². The van der Waals surface area contributed by atoms with Crippen LogP contribution in [0.25, 0.3) is 0 Å². The molecule has 6 atom stereocenters. The molecule has 3 N–H and O–H groups in total. The number of nitrogens with one attached hydrogen (secondary N) is 1. The first-order valence-corrected chi connectivity index (χ1v) is 13.0. The quantitative estimate of drug-likeness (QED) is 0.224. The van der Waals surface area contributed by atoms with E-state index in [-0.39, 0.29) is 12.0 Å². The van der Waals surface area contributed by atoms with Gasteiger partial charge in [-0.1, -0.05) is 62.8 Å². The molecule has 0 aliphatic heterocycles. The van der Waals surface area contributed by atoms with Crippen molar-refractivity contribution in [2.24, 2.45) is 29.1 Å². The molecule has 1 unspecified atom stereocenters. The van der Waals surface area contributed by atoms with Gasteiger partial charge in [-0.3, -0.25) is 5.21 Å². The Kier molecular flexibility index (Phi) is 8.51. The first-order valence-electron chi connectivity index (χ1n) is 13.0. The van der Waals surface area contributed by atoms with E-state index in [1.54, 1.807) is 11.1 Å². The smallest absolute Gasteiger partial charge is 0.431 e. The first kappa shape index (κ1) is 26.7. The van der Waals surface area contributed by atoms with E-state index in [2.05, 4.69) is 51.7 Å². The second-order valence-electron chi connectivity index (χ2n) is 11.7. The molecule has 0 bridgehead atoms. The number of rotatable bonds is 6. The summed E-state index contributed by atoms with van der Waals surface area (Å²) in [6.07, 6.45) is 16.4. The van der Waals surface area contributed by atoms with Crippen molar-refractivity contribution in [3.8, 4) is 0 Å². The molecule has 0 radical (unpaired) electrons. The second-order valence-corrected chi connectivity index (χ2v) is 11.7. The standard InChI is InChI=1S/C29H45NO4/c1-19-10-14-24(34-27(31)30-33)18-23(19)13-12-22-8-7-17-29(6)25(15-16-26(22)29)20(2)9-11-21(3)28(4,5)32/h9,11-13,20-21,24-26,32-33H,1,7-8,10,14-18H2,2-6H3,(H,30,31)/b11-9+,22-12+,23-13-/t20-,21+,24-,25+,26?,29+/m0/s1. The number of hydrogen-bond acceptors (Lipinski definition) is 4. The van der Waals surface area contributed by atoms with E-state index in [4.69, 9.17) is 9.94 Å². The van der Waals surface area contributed by atoms with Crippen LogP contribution in [0.5, 0.6) is 0 Å². The van der Waals surface area contributed by atoms with Gasteiger partial charge in [-0.2, -0.15) is 0 Å². The Labute approximate surface area is 206 Å². The normalized spacial score (nSPS) is 34.3. The van der Waals surface area contributed by atoms with Crippen LogP contribution in [0.15, 0.2) is 47.6 Å². The van der Waals surface area contributed by atoms with Gasteiger partial charge in [0.05, 0.1) is 5.60 Å². The van der Waals surface area contributed by atoms with Crippen LogP contribution in [-0.4, -0.2) is 28.1 Å². The summed E-state index contributed by atoms with van der Waals surface area (Å²) in [6, 6.07) is 0. The molecule has 5 nitrogen and oxygen atoms in total. The Hall–Kier alpha value is -1.85. The molecule has 0 heterocycles. The summed E-state index contributed by atoms with van der Waals surface area (Å²) < 4.78 is 5.27. The van der Waals surface area contributed by atoms with Crippen LogP contribution in [0.3, 0.4) is 0 Å². The predicted molar refractivity (Wildman–Crippen MR) is 136 cm³/mol. The average molecular weight is 472 g/mol. The van der Waals surface area contributed by atoms with Gasteiger partial charge in [0.15, 0.2) is 0 Å². The summed E-state index contributed by atoms with van der Waals surface area (Å²) in [5.41, 5.74) is 4.98. The van der Waals surface area contributed by atoms with Gasteiger partial charge >= 0.3 is 6.09 Å². The largest absolute Gasteiger partial charge is 0.444 e. The second kappa shape index (κ2) is 10.8. The average Bonchev–Trinajstić information content (AvgIpc) is 3.14. The monoisotopic (exact) mass is 471 g/mol. The molecule has 3 rings (SSSR count). The highest BCUT2D eigenvalue weighted by molar-refractivity contribution is 5.65. The number of carbonyl (C=O) groups is 1. The van der Waals surface area contributed by atoms with Crippen LogP contribution in [-0.2, 0) is 4.74 Å². The minimum atomic E-state index is -0.796. The maximum Gasteiger partial charge on any atom is 0.431 e.